The molecule has 0 fully saturated rings. The van der Waals surface area contributed by atoms with Gasteiger partial charge >= 0.3 is 0 Å². The molecule has 7 heteroatoms. The molecule has 0 bridgehead atoms. The van der Waals surface area contributed by atoms with E-state index in [-0.39, 0.29) is 17.2 Å². The monoisotopic (exact) mass is 340 g/mol. The molecule has 22 heavy (non-hydrogen) atoms. The van der Waals surface area contributed by atoms with Gasteiger partial charge in [0.1, 0.15) is 5.82 Å². The normalized spacial score (nSPS) is 10.2. The van der Waals surface area contributed by atoms with Crippen LogP contribution in [0.15, 0.2) is 36.4 Å². The Bertz CT molecular complexity index is 730. The zero-order valence-electron chi connectivity index (χ0n) is 11.4. The van der Waals surface area contributed by atoms with Crippen molar-refractivity contribution in [2.75, 3.05) is 10.6 Å². The van der Waals surface area contributed by atoms with Gasteiger partial charge in [-0.1, -0.05) is 23.2 Å². The van der Waals surface area contributed by atoms with Crippen LogP contribution in [0.25, 0.3) is 0 Å². The fourth-order valence-electron chi connectivity index (χ4n) is 1.78. The van der Waals surface area contributed by atoms with Gasteiger partial charge in [-0.25, -0.2) is 4.39 Å². The maximum atomic E-state index is 13.8. The second-order valence-electron chi connectivity index (χ2n) is 4.49. The summed E-state index contributed by atoms with van der Waals surface area (Å²) in [5.41, 5.74) is 0.502. The SMILES string of the molecule is CC(=O)Nc1ccc(F)c(NC(=O)c2cc(Cl)cc(Cl)c2)c1. The van der Waals surface area contributed by atoms with E-state index in [0.717, 1.165) is 6.07 Å². The Morgan fingerprint density at radius 2 is 1.64 bits per heavy atom. The number of carbonyl (C=O) groups excluding carboxylic acids is 2. The van der Waals surface area contributed by atoms with Crippen LogP contribution >= 0.6 is 23.2 Å². The first-order valence-electron chi connectivity index (χ1n) is 6.20. The third kappa shape index (κ3) is 4.19. The van der Waals surface area contributed by atoms with Crippen molar-refractivity contribution >= 4 is 46.4 Å². The zero-order chi connectivity index (χ0) is 16.3. The second-order valence-corrected chi connectivity index (χ2v) is 5.36. The van der Waals surface area contributed by atoms with Crippen LogP contribution in [0.2, 0.25) is 10.0 Å². The van der Waals surface area contributed by atoms with Crippen LogP contribution in [0, 0.1) is 5.82 Å². The topological polar surface area (TPSA) is 58.2 Å². The number of rotatable bonds is 3. The van der Waals surface area contributed by atoms with Crippen molar-refractivity contribution in [3.05, 3.63) is 57.8 Å². The third-order valence-corrected chi connectivity index (χ3v) is 3.10. The molecule has 2 amide bonds. The van der Waals surface area contributed by atoms with Gasteiger partial charge in [0.2, 0.25) is 5.91 Å². The molecule has 0 saturated heterocycles. The average molecular weight is 341 g/mol. The molecule has 2 aromatic rings. The predicted octanol–water partition coefficient (Wildman–Crippen LogP) is 4.34. The van der Waals surface area contributed by atoms with Crippen molar-refractivity contribution in [2.24, 2.45) is 0 Å². The Morgan fingerprint density at radius 3 is 2.23 bits per heavy atom. The first-order chi connectivity index (χ1) is 10.3. The third-order valence-electron chi connectivity index (χ3n) is 2.66. The largest absolute Gasteiger partial charge is 0.326 e. The van der Waals surface area contributed by atoms with Gasteiger partial charge in [0.25, 0.3) is 5.91 Å². The first kappa shape index (κ1) is 16.3. The molecule has 2 rings (SSSR count). The number of hydrogen-bond acceptors (Lipinski definition) is 2. The number of anilines is 2. The summed E-state index contributed by atoms with van der Waals surface area (Å²) in [6, 6.07) is 8.17. The molecule has 0 radical (unpaired) electrons. The molecule has 0 heterocycles. The minimum Gasteiger partial charge on any atom is -0.326 e. The van der Waals surface area contributed by atoms with Crippen molar-refractivity contribution in [1.29, 1.82) is 0 Å². The maximum Gasteiger partial charge on any atom is 0.255 e. The van der Waals surface area contributed by atoms with E-state index in [9.17, 15) is 14.0 Å². The lowest BCUT2D eigenvalue weighted by atomic mass is 10.2. The molecule has 0 aromatic heterocycles. The van der Waals surface area contributed by atoms with E-state index in [4.69, 9.17) is 23.2 Å². The Labute approximate surface area is 136 Å². The lowest BCUT2D eigenvalue weighted by Gasteiger charge is -2.09. The molecular formula is C15H11Cl2FN2O2. The molecule has 0 aliphatic carbocycles. The van der Waals surface area contributed by atoms with Gasteiger partial charge in [-0.2, -0.15) is 0 Å². The molecule has 114 valence electrons. The number of hydrogen-bond donors (Lipinski definition) is 2. The van der Waals surface area contributed by atoms with Crippen molar-refractivity contribution in [2.45, 2.75) is 6.92 Å². The summed E-state index contributed by atoms with van der Waals surface area (Å²) in [6.45, 7) is 1.33. The molecule has 0 saturated carbocycles. The summed E-state index contributed by atoms with van der Waals surface area (Å²) >= 11 is 11.6. The van der Waals surface area contributed by atoms with E-state index in [1.165, 1.54) is 37.3 Å². The van der Waals surface area contributed by atoms with Crippen LogP contribution in [-0.4, -0.2) is 11.8 Å². The van der Waals surface area contributed by atoms with Gasteiger partial charge in [-0.05, 0) is 36.4 Å². The van der Waals surface area contributed by atoms with E-state index >= 15 is 0 Å². The second kappa shape index (κ2) is 6.77. The Kier molecular flexibility index (Phi) is 5.00. The Hall–Kier alpha value is -2.11. The highest BCUT2D eigenvalue weighted by molar-refractivity contribution is 6.35. The summed E-state index contributed by atoms with van der Waals surface area (Å²) in [6.07, 6.45) is 0. The van der Waals surface area contributed by atoms with E-state index in [0.29, 0.717) is 15.7 Å². The summed E-state index contributed by atoms with van der Waals surface area (Å²) in [5, 5.41) is 5.51. The standard InChI is InChI=1S/C15H11Cl2FN2O2/c1-8(21)19-12-2-3-13(18)14(7-12)20-15(22)9-4-10(16)6-11(17)5-9/h2-7H,1H3,(H,19,21)(H,20,22). The number of benzene rings is 2. The van der Waals surface area contributed by atoms with Crippen molar-refractivity contribution in [1.82, 2.24) is 0 Å². The average Bonchev–Trinajstić information content (AvgIpc) is 2.40. The van der Waals surface area contributed by atoms with E-state index in [2.05, 4.69) is 10.6 Å². The quantitative estimate of drug-likeness (QED) is 0.872. The Morgan fingerprint density at radius 1 is 1.00 bits per heavy atom. The smallest absolute Gasteiger partial charge is 0.255 e. The summed E-state index contributed by atoms with van der Waals surface area (Å²) in [5.74, 6) is -1.50. The van der Waals surface area contributed by atoms with Gasteiger partial charge in [-0.3, -0.25) is 9.59 Å². The molecule has 0 atom stereocenters. The van der Waals surface area contributed by atoms with Crippen LogP contribution in [0.5, 0.6) is 0 Å². The number of carbonyl (C=O) groups is 2. The summed E-state index contributed by atoms with van der Waals surface area (Å²) in [4.78, 5) is 23.1. The fourth-order valence-corrected chi connectivity index (χ4v) is 2.31. The highest BCUT2D eigenvalue weighted by Crippen LogP contribution is 2.23. The van der Waals surface area contributed by atoms with E-state index in [1.54, 1.807) is 0 Å². The lowest BCUT2D eigenvalue weighted by Crippen LogP contribution is -2.14. The van der Waals surface area contributed by atoms with Gasteiger partial charge in [0.05, 0.1) is 5.69 Å². The number of nitrogens with one attached hydrogen (secondary N) is 2. The molecule has 0 aliphatic rings. The first-order valence-corrected chi connectivity index (χ1v) is 6.95. The minimum absolute atomic E-state index is 0.0626. The van der Waals surface area contributed by atoms with Crippen LogP contribution in [-0.2, 0) is 4.79 Å². The molecule has 2 N–H and O–H groups in total. The number of amides is 2. The van der Waals surface area contributed by atoms with Crippen molar-refractivity contribution in [3.8, 4) is 0 Å². The van der Waals surface area contributed by atoms with Crippen LogP contribution in [0.4, 0.5) is 15.8 Å². The summed E-state index contributed by atoms with van der Waals surface area (Å²) < 4.78 is 13.8. The maximum absolute atomic E-state index is 13.8. The highest BCUT2D eigenvalue weighted by Gasteiger charge is 2.12. The van der Waals surface area contributed by atoms with Gasteiger partial charge in [-0.15, -0.1) is 0 Å². The van der Waals surface area contributed by atoms with Gasteiger partial charge in [0.15, 0.2) is 0 Å². The van der Waals surface area contributed by atoms with Crippen molar-refractivity contribution < 1.29 is 14.0 Å². The van der Waals surface area contributed by atoms with Gasteiger partial charge < -0.3 is 10.6 Å². The van der Waals surface area contributed by atoms with Gasteiger partial charge in [0, 0.05) is 28.2 Å². The molecule has 0 spiro atoms. The highest BCUT2D eigenvalue weighted by atomic mass is 35.5. The fraction of sp³-hybridized carbons (Fsp3) is 0.0667. The molecule has 0 unspecified atom stereocenters. The molecule has 0 aliphatic heterocycles. The predicted molar refractivity (Wildman–Crippen MR) is 85.1 cm³/mol. The molecular weight excluding hydrogens is 330 g/mol. The summed E-state index contributed by atoms with van der Waals surface area (Å²) in [7, 11) is 0. The van der Waals surface area contributed by atoms with Crippen LogP contribution < -0.4 is 10.6 Å². The van der Waals surface area contributed by atoms with Crippen molar-refractivity contribution in [3.63, 3.8) is 0 Å². The lowest BCUT2D eigenvalue weighted by molar-refractivity contribution is -0.114. The van der Waals surface area contributed by atoms with Crippen LogP contribution in [0.3, 0.4) is 0 Å². The molecule has 2 aromatic carbocycles. The van der Waals surface area contributed by atoms with E-state index < -0.39 is 11.7 Å². The number of halogens is 3. The zero-order valence-corrected chi connectivity index (χ0v) is 12.9. The minimum atomic E-state index is -0.629. The Balaban J connectivity index is 2.25. The van der Waals surface area contributed by atoms with Crippen LogP contribution in [0.1, 0.15) is 17.3 Å². The molecule has 4 nitrogen and oxygen atoms in total. The van der Waals surface area contributed by atoms with E-state index in [1.807, 2.05) is 0 Å².